The topological polar surface area (TPSA) is 64.3 Å². The summed E-state index contributed by atoms with van der Waals surface area (Å²) in [7, 11) is 0. The fourth-order valence-electron chi connectivity index (χ4n) is 3.60. The Morgan fingerprint density at radius 2 is 1.96 bits per heavy atom. The second-order valence-electron chi connectivity index (χ2n) is 7.64. The predicted octanol–water partition coefficient (Wildman–Crippen LogP) is 5.18. The molecule has 1 aliphatic rings. The highest BCUT2D eigenvalue weighted by atomic mass is 127. The van der Waals surface area contributed by atoms with Crippen LogP contribution in [-0.4, -0.2) is 25.7 Å². The molecule has 1 fully saturated rings. The fraction of sp³-hybridized carbons (Fsp3) is 0.476. The molecule has 0 unspecified atom stereocenters. The molecule has 0 saturated heterocycles. The van der Waals surface area contributed by atoms with Crippen molar-refractivity contribution in [2.75, 3.05) is 5.32 Å². The normalized spacial score (nSPS) is 15.3. The summed E-state index contributed by atoms with van der Waals surface area (Å²) in [5, 5.41) is 7.97. The second-order valence-corrected chi connectivity index (χ2v) is 8.80. The second kappa shape index (κ2) is 8.63. The summed E-state index contributed by atoms with van der Waals surface area (Å²) in [5.74, 6) is 1.00. The molecule has 7 heteroatoms. The minimum Gasteiger partial charge on any atom is -0.460 e. The zero-order chi connectivity index (χ0) is 19.5. The zero-order valence-electron chi connectivity index (χ0n) is 16.4. The summed E-state index contributed by atoms with van der Waals surface area (Å²) in [5.41, 5.74) is 3.15. The van der Waals surface area contributed by atoms with Crippen molar-refractivity contribution in [2.45, 2.75) is 64.5 Å². The van der Waals surface area contributed by atoms with E-state index in [9.17, 15) is 0 Å². The Morgan fingerprint density at radius 3 is 2.71 bits per heavy atom. The first kappa shape index (κ1) is 19.4. The van der Waals surface area contributed by atoms with Crippen molar-refractivity contribution in [2.24, 2.45) is 0 Å². The van der Waals surface area contributed by atoms with Crippen LogP contribution in [0.25, 0.3) is 5.65 Å². The lowest BCUT2D eigenvalue weighted by Gasteiger charge is -2.22. The standard InChI is InChI=1S/C21H26IN5O/c1-14(2)17-13-24-27-19(17)25-21(28-16-9-4-3-5-10-16)26-20(27)23-12-15-8-6-7-11-18(15)22/h6-8,11,13-14,16H,3-5,9-10,12H2,1-2H3,(H,23,25,26). The van der Waals surface area contributed by atoms with Crippen LogP contribution in [0.2, 0.25) is 0 Å². The summed E-state index contributed by atoms with van der Waals surface area (Å²) >= 11 is 2.36. The van der Waals surface area contributed by atoms with Gasteiger partial charge >= 0.3 is 6.01 Å². The third kappa shape index (κ3) is 4.24. The highest BCUT2D eigenvalue weighted by Gasteiger charge is 2.20. The molecule has 0 aliphatic heterocycles. The Bertz CT molecular complexity index is 949. The van der Waals surface area contributed by atoms with Crippen molar-refractivity contribution >= 4 is 34.2 Å². The molecule has 2 aromatic heterocycles. The Labute approximate surface area is 179 Å². The van der Waals surface area contributed by atoms with Gasteiger partial charge in [0.1, 0.15) is 6.10 Å². The van der Waals surface area contributed by atoms with E-state index in [4.69, 9.17) is 9.72 Å². The highest BCUT2D eigenvalue weighted by Crippen LogP contribution is 2.26. The maximum atomic E-state index is 6.18. The van der Waals surface area contributed by atoms with Crippen LogP contribution >= 0.6 is 22.6 Å². The third-order valence-electron chi connectivity index (χ3n) is 5.22. The summed E-state index contributed by atoms with van der Waals surface area (Å²) in [4.78, 5) is 9.38. The molecule has 3 aromatic rings. The number of nitrogens with one attached hydrogen (secondary N) is 1. The SMILES string of the molecule is CC(C)c1cnn2c(NCc3ccccc3I)nc(OC3CCCCC3)nc12. The molecule has 1 aliphatic carbocycles. The molecule has 148 valence electrons. The Balaban J connectivity index is 1.65. The van der Waals surface area contributed by atoms with Gasteiger partial charge in [-0.15, -0.1) is 0 Å². The predicted molar refractivity (Wildman–Crippen MR) is 119 cm³/mol. The van der Waals surface area contributed by atoms with Crippen molar-refractivity contribution < 1.29 is 4.74 Å². The van der Waals surface area contributed by atoms with Crippen LogP contribution in [0.5, 0.6) is 6.01 Å². The van der Waals surface area contributed by atoms with Crippen LogP contribution in [-0.2, 0) is 6.54 Å². The largest absolute Gasteiger partial charge is 0.460 e. The van der Waals surface area contributed by atoms with E-state index >= 15 is 0 Å². The van der Waals surface area contributed by atoms with Gasteiger partial charge in [0.2, 0.25) is 5.95 Å². The van der Waals surface area contributed by atoms with E-state index in [1.807, 2.05) is 12.3 Å². The lowest BCUT2D eigenvalue weighted by atomic mass is 9.98. The number of benzene rings is 1. The van der Waals surface area contributed by atoms with E-state index in [2.05, 4.69) is 70.0 Å². The molecule has 0 spiro atoms. The van der Waals surface area contributed by atoms with Gasteiger partial charge in [0, 0.05) is 15.7 Å². The molecule has 1 aromatic carbocycles. The van der Waals surface area contributed by atoms with Crippen molar-refractivity contribution in [3.63, 3.8) is 0 Å². The van der Waals surface area contributed by atoms with Crippen LogP contribution in [0.4, 0.5) is 5.95 Å². The number of hydrogen-bond acceptors (Lipinski definition) is 5. The molecule has 28 heavy (non-hydrogen) atoms. The zero-order valence-corrected chi connectivity index (χ0v) is 18.5. The molecular formula is C21H26IN5O. The third-order valence-corrected chi connectivity index (χ3v) is 6.27. The smallest absolute Gasteiger partial charge is 0.322 e. The first-order chi connectivity index (χ1) is 13.6. The van der Waals surface area contributed by atoms with E-state index in [0.29, 0.717) is 24.4 Å². The number of nitrogens with zero attached hydrogens (tertiary/aromatic N) is 4. The number of aromatic nitrogens is 4. The summed E-state index contributed by atoms with van der Waals surface area (Å²) < 4.78 is 9.19. The van der Waals surface area contributed by atoms with Crippen molar-refractivity contribution in [3.8, 4) is 6.01 Å². The molecule has 1 saturated carbocycles. The Kier molecular flexibility index (Phi) is 5.99. The van der Waals surface area contributed by atoms with Crippen LogP contribution in [0.1, 0.15) is 63.0 Å². The first-order valence-corrected chi connectivity index (χ1v) is 11.1. The molecule has 0 amide bonds. The van der Waals surface area contributed by atoms with Crippen LogP contribution in [0.15, 0.2) is 30.5 Å². The van der Waals surface area contributed by atoms with E-state index in [-0.39, 0.29) is 6.10 Å². The van der Waals surface area contributed by atoms with E-state index < -0.39 is 0 Å². The molecule has 2 heterocycles. The van der Waals surface area contributed by atoms with Crippen molar-refractivity contribution in [1.82, 2.24) is 19.6 Å². The lowest BCUT2D eigenvalue weighted by molar-refractivity contribution is 0.142. The van der Waals surface area contributed by atoms with Gasteiger partial charge < -0.3 is 10.1 Å². The Morgan fingerprint density at radius 1 is 1.18 bits per heavy atom. The number of rotatable bonds is 6. The van der Waals surface area contributed by atoms with Crippen molar-refractivity contribution in [3.05, 3.63) is 45.2 Å². The van der Waals surface area contributed by atoms with E-state index in [0.717, 1.165) is 24.1 Å². The fourth-order valence-corrected chi connectivity index (χ4v) is 4.18. The number of anilines is 1. The van der Waals surface area contributed by atoms with Gasteiger partial charge in [-0.3, -0.25) is 0 Å². The molecule has 4 rings (SSSR count). The van der Waals surface area contributed by atoms with E-state index in [1.54, 1.807) is 4.52 Å². The summed E-state index contributed by atoms with van der Waals surface area (Å²) in [6.07, 6.45) is 7.98. The minimum absolute atomic E-state index is 0.213. The van der Waals surface area contributed by atoms with E-state index in [1.165, 1.54) is 28.4 Å². The average molecular weight is 491 g/mol. The average Bonchev–Trinajstić information content (AvgIpc) is 3.12. The molecule has 6 nitrogen and oxygen atoms in total. The van der Waals surface area contributed by atoms with Crippen LogP contribution in [0.3, 0.4) is 0 Å². The summed E-state index contributed by atoms with van der Waals surface area (Å²) in [6, 6.07) is 8.78. The number of fused-ring (bicyclic) bond motifs is 1. The Hall–Kier alpha value is -1.90. The van der Waals surface area contributed by atoms with Gasteiger partial charge in [0.15, 0.2) is 5.65 Å². The molecule has 0 radical (unpaired) electrons. The maximum Gasteiger partial charge on any atom is 0.322 e. The van der Waals surface area contributed by atoms with Gasteiger partial charge in [-0.1, -0.05) is 38.5 Å². The minimum atomic E-state index is 0.213. The monoisotopic (exact) mass is 491 g/mol. The number of ether oxygens (including phenoxy) is 1. The quantitative estimate of drug-likeness (QED) is 0.482. The highest BCUT2D eigenvalue weighted by molar-refractivity contribution is 14.1. The lowest BCUT2D eigenvalue weighted by Crippen LogP contribution is -2.21. The van der Waals surface area contributed by atoms with Gasteiger partial charge in [0.25, 0.3) is 0 Å². The summed E-state index contributed by atoms with van der Waals surface area (Å²) in [6.45, 7) is 4.98. The van der Waals surface area contributed by atoms with Gasteiger partial charge in [-0.05, 0) is 65.8 Å². The molecule has 1 N–H and O–H groups in total. The maximum absolute atomic E-state index is 6.18. The van der Waals surface area contributed by atoms with Crippen LogP contribution < -0.4 is 10.1 Å². The van der Waals surface area contributed by atoms with Crippen molar-refractivity contribution in [1.29, 1.82) is 0 Å². The molecule has 0 bridgehead atoms. The van der Waals surface area contributed by atoms with Gasteiger partial charge in [0.05, 0.1) is 6.20 Å². The number of hydrogen-bond donors (Lipinski definition) is 1. The number of halogens is 1. The molecular weight excluding hydrogens is 465 g/mol. The van der Waals surface area contributed by atoms with Crippen LogP contribution in [0, 0.1) is 3.57 Å². The van der Waals surface area contributed by atoms with Gasteiger partial charge in [-0.2, -0.15) is 19.6 Å². The first-order valence-electron chi connectivity index (χ1n) is 10.0. The molecule has 0 atom stereocenters. The van der Waals surface area contributed by atoms with Gasteiger partial charge in [-0.25, -0.2) is 0 Å².